The first-order chi connectivity index (χ1) is 7.08. The van der Waals surface area contributed by atoms with Crippen LogP contribution in [0.2, 0.25) is 0 Å². The Morgan fingerprint density at radius 1 is 1.38 bits per heavy atom. The predicted molar refractivity (Wildman–Crippen MR) is 56.3 cm³/mol. The fourth-order valence-corrected chi connectivity index (χ4v) is 1.73. The number of hydrogen-bond donors (Lipinski definition) is 0. The van der Waals surface area contributed by atoms with Crippen LogP contribution in [0.3, 0.4) is 0 Å². The smallest absolute Gasteiger partial charge is 0.543 e. The molecule has 0 fully saturated rings. The molecule has 4 nitrogen and oxygen atoms in total. The van der Waals surface area contributed by atoms with Gasteiger partial charge >= 0.3 is 29.6 Å². The number of hydrogen-bond acceptors (Lipinski definition) is 4. The molecule has 0 aliphatic heterocycles. The van der Waals surface area contributed by atoms with E-state index in [4.69, 9.17) is 0 Å². The van der Waals surface area contributed by atoms with Crippen LogP contribution in [0.15, 0.2) is 22.7 Å². The molecule has 0 aliphatic carbocycles. The fourth-order valence-electron chi connectivity index (χ4n) is 1.37. The molecule has 1 aromatic heterocycles. The molecule has 0 unspecified atom stereocenters. The summed E-state index contributed by atoms with van der Waals surface area (Å²) < 4.78 is 0.782. The van der Waals surface area contributed by atoms with Gasteiger partial charge in [0.25, 0.3) is 0 Å². The van der Waals surface area contributed by atoms with E-state index in [2.05, 4.69) is 25.9 Å². The number of benzene rings is 1. The van der Waals surface area contributed by atoms with Crippen LogP contribution >= 0.6 is 15.9 Å². The molecule has 0 radical (unpaired) electrons. The monoisotopic (exact) mass is 288 g/mol. The van der Waals surface area contributed by atoms with E-state index in [9.17, 15) is 9.90 Å². The average Bonchev–Trinajstić information content (AvgIpc) is 2.17. The van der Waals surface area contributed by atoms with Crippen molar-refractivity contribution in [3.8, 4) is 0 Å². The van der Waals surface area contributed by atoms with Gasteiger partial charge in [-0.05, 0) is 25.1 Å². The molecular formula is C10H6BrN2NaO2. The number of rotatable bonds is 1. The summed E-state index contributed by atoms with van der Waals surface area (Å²) in [4.78, 5) is 18.8. The molecule has 0 aliphatic rings. The van der Waals surface area contributed by atoms with Gasteiger partial charge < -0.3 is 9.90 Å². The van der Waals surface area contributed by atoms with Gasteiger partial charge in [0.15, 0.2) is 0 Å². The second-order valence-electron chi connectivity index (χ2n) is 3.07. The van der Waals surface area contributed by atoms with Gasteiger partial charge in [0.2, 0.25) is 0 Å². The summed E-state index contributed by atoms with van der Waals surface area (Å²) in [6, 6.07) is 5.20. The average molecular weight is 289 g/mol. The van der Waals surface area contributed by atoms with E-state index in [1.807, 2.05) is 0 Å². The topological polar surface area (TPSA) is 65.9 Å². The number of aryl methyl sites for hydroxylation is 1. The van der Waals surface area contributed by atoms with Gasteiger partial charge in [-0.2, -0.15) is 0 Å². The van der Waals surface area contributed by atoms with Gasteiger partial charge in [-0.25, -0.2) is 9.97 Å². The molecule has 0 saturated carbocycles. The zero-order valence-electron chi connectivity index (χ0n) is 8.82. The zero-order valence-corrected chi connectivity index (χ0v) is 12.4. The van der Waals surface area contributed by atoms with Gasteiger partial charge in [-0.15, -0.1) is 0 Å². The van der Waals surface area contributed by atoms with E-state index in [1.165, 1.54) is 0 Å². The Bertz CT molecular complexity index is 560. The van der Waals surface area contributed by atoms with Crippen molar-refractivity contribution < 1.29 is 39.5 Å². The molecule has 0 amide bonds. The molecule has 0 bridgehead atoms. The van der Waals surface area contributed by atoms with Crippen LogP contribution in [0.5, 0.6) is 0 Å². The maximum Gasteiger partial charge on any atom is 1.00 e. The van der Waals surface area contributed by atoms with E-state index in [0.29, 0.717) is 16.7 Å². The van der Waals surface area contributed by atoms with Crippen molar-refractivity contribution in [3.63, 3.8) is 0 Å². The van der Waals surface area contributed by atoms with Crippen molar-refractivity contribution >= 4 is 32.8 Å². The van der Waals surface area contributed by atoms with E-state index >= 15 is 0 Å². The third kappa shape index (κ3) is 2.60. The molecule has 76 valence electrons. The SMILES string of the molecule is Cc1nc(C(=O)[O-])c2cc(Br)ccc2n1.[Na+]. The van der Waals surface area contributed by atoms with Crippen molar-refractivity contribution in [2.75, 3.05) is 0 Å². The van der Waals surface area contributed by atoms with Crippen molar-refractivity contribution in [1.29, 1.82) is 0 Å². The molecule has 1 heterocycles. The Morgan fingerprint density at radius 3 is 2.69 bits per heavy atom. The van der Waals surface area contributed by atoms with Crippen molar-refractivity contribution in [1.82, 2.24) is 9.97 Å². The van der Waals surface area contributed by atoms with Crippen LogP contribution < -0.4 is 34.7 Å². The Labute approximate surface area is 123 Å². The molecule has 0 spiro atoms. The number of fused-ring (bicyclic) bond motifs is 1. The molecule has 2 aromatic rings. The Morgan fingerprint density at radius 2 is 2.06 bits per heavy atom. The Hall–Kier alpha value is -0.490. The largest absolute Gasteiger partial charge is 1.00 e. The summed E-state index contributed by atoms with van der Waals surface area (Å²) in [7, 11) is 0. The fraction of sp³-hybridized carbons (Fsp3) is 0.100. The van der Waals surface area contributed by atoms with Gasteiger partial charge in [0.1, 0.15) is 5.82 Å². The van der Waals surface area contributed by atoms with E-state index in [1.54, 1.807) is 25.1 Å². The van der Waals surface area contributed by atoms with Crippen LogP contribution in [-0.4, -0.2) is 15.9 Å². The molecule has 0 N–H and O–H groups in total. The van der Waals surface area contributed by atoms with Gasteiger partial charge in [0, 0.05) is 9.86 Å². The number of carbonyl (C=O) groups is 1. The quantitative estimate of drug-likeness (QED) is 0.573. The van der Waals surface area contributed by atoms with Crippen molar-refractivity contribution in [3.05, 3.63) is 34.2 Å². The summed E-state index contributed by atoms with van der Waals surface area (Å²) >= 11 is 3.27. The standard InChI is InChI=1S/C10H7BrN2O2.Na/c1-5-12-8-3-2-6(11)4-7(8)9(13-5)10(14)15;/h2-4H,1H3,(H,14,15);/q;+1/p-1. The molecule has 2 rings (SSSR count). The number of aromatic carboxylic acids is 1. The molecular weight excluding hydrogens is 283 g/mol. The molecule has 6 heteroatoms. The summed E-state index contributed by atoms with van der Waals surface area (Å²) in [5.41, 5.74) is 0.531. The number of aromatic nitrogens is 2. The normalized spacial score (nSPS) is 9.88. The first kappa shape index (κ1) is 13.6. The first-order valence-electron chi connectivity index (χ1n) is 4.23. The Balaban J connectivity index is 0.00000128. The van der Waals surface area contributed by atoms with Crippen LogP contribution in [0, 0.1) is 6.92 Å². The van der Waals surface area contributed by atoms with Gasteiger partial charge in [-0.3, -0.25) is 0 Å². The maximum absolute atomic E-state index is 10.9. The maximum atomic E-state index is 10.9. The third-order valence-electron chi connectivity index (χ3n) is 1.96. The summed E-state index contributed by atoms with van der Waals surface area (Å²) in [6.07, 6.45) is 0. The number of carboxylic acids is 1. The van der Waals surface area contributed by atoms with Crippen LogP contribution in [0.25, 0.3) is 10.9 Å². The van der Waals surface area contributed by atoms with Crippen LogP contribution in [0.4, 0.5) is 0 Å². The first-order valence-corrected chi connectivity index (χ1v) is 5.02. The van der Waals surface area contributed by atoms with Crippen molar-refractivity contribution in [2.45, 2.75) is 6.92 Å². The summed E-state index contributed by atoms with van der Waals surface area (Å²) in [5, 5.41) is 11.3. The predicted octanol–water partition coefficient (Wildman–Crippen LogP) is -1.93. The number of halogens is 1. The number of nitrogens with zero attached hydrogens (tertiary/aromatic N) is 2. The van der Waals surface area contributed by atoms with Crippen molar-refractivity contribution in [2.24, 2.45) is 0 Å². The minimum Gasteiger partial charge on any atom is -0.543 e. The summed E-state index contributed by atoms with van der Waals surface area (Å²) in [6.45, 7) is 1.65. The van der Waals surface area contributed by atoms with E-state index in [0.717, 1.165) is 4.47 Å². The minimum absolute atomic E-state index is 0. The second-order valence-corrected chi connectivity index (χ2v) is 3.98. The van der Waals surface area contributed by atoms with Gasteiger partial charge in [-0.1, -0.05) is 15.9 Å². The van der Waals surface area contributed by atoms with Crippen LogP contribution in [-0.2, 0) is 0 Å². The van der Waals surface area contributed by atoms with E-state index in [-0.39, 0.29) is 35.3 Å². The van der Waals surface area contributed by atoms with Gasteiger partial charge in [0.05, 0.1) is 17.2 Å². The van der Waals surface area contributed by atoms with Crippen LogP contribution in [0.1, 0.15) is 16.3 Å². The Kier molecular flexibility index (Phi) is 4.43. The molecule has 16 heavy (non-hydrogen) atoms. The third-order valence-corrected chi connectivity index (χ3v) is 2.46. The number of carbonyl (C=O) groups excluding carboxylic acids is 1. The van der Waals surface area contributed by atoms with E-state index < -0.39 is 5.97 Å². The second kappa shape index (κ2) is 5.23. The summed E-state index contributed by atoms with van der Waals surface area (Å²) in [5.74, 6) is -0.868. The minimum atomic E-state index is -1.29. The molecule has 1 aromatic carbocycles. The molecule has 0 atom stereocenters. The molecule has 0 saturated heterocycles. The zero-order chi connectivity index (χ0) is 11.0. The number of carboxylic acid groups (broad SMARTS) is 1.